The van der Waals surface area contributed by atoms with Gasteiger partial charge in [-0.15, -0.1) is 5.10 Å². The largest absolute Gasteiger partial charge is 0.476 e. The lowest BCUT2D eigenvalue weighted by atomic mass is 9.97. The molecule has 2 aromatic heterocycles. The second-order valence-corrected chi connectivity index (χ2v) is 7.50. The molecule has 1 aliphatic carbocycles. The highest BCUT2D eigenvalue weighted by atomic mass is 79.9. The first-order chi connectivity index (χ1) is 12.2. The topological polar surface area (TPSA) is 68.5 Å². The van der Waals surface area contributed by atoms with Crippen LogP contribution >= 0.6 is 15.9 Å². The average molecular weight is 406 g/mol. The quantitative estimate of drug-likeness (QED) is 0.759. The van der Waals surface area contributed by atoms with Crippen LogP contribution in [0.15, 0.2) is 33.4 Å². The molecule has 0 bridgehead atoms. The maximum Gasteiger partial charge on any atom is 0.289 e. The smallest absolute Gasteiger partial charge is 0.289 e. The van der Waals surface area contributed by atoms with Gasteiger partial charge in [-0.1, -0.05) is 0 Å². The molecule has 25 heavy (non-hydrogen) atoms. The van der Waals surface area contributed by atoms with E-state index in [1.165, 1.54) is 12.8 Å². The fourth-order valence-electron chi connectivity index (χ4n) is 3.10. The van der Waals surface area contributed by atoms with E-state index in [4.69, 9.17) is 9.15 Å². The number of carbonyl (C=O) groups is 1. The second-order valence-electron chi connectivity index (χ2n) is 6.72. The Kier molecular flexibility index (Phi) is 4.74. The number of hydrogen-bond acceptors (Lipinski definition) is 5. The third-order valence-corrected chi connectivity index (χ3v) is 5.24. The molecule has 1 amide bonds. The van der Waals surface area contributed by atoms with Gasteiger partial charge in [-0.25, -0.2) is 0 Å². The predicted molar refractivity (Wildman–Crippen MR) is 94.5 cm³/mol. The molecule has 4 rings (SSSR count). The molecular weight excluding hydrogens is 386 g/mol. The number of ether oxygens (including phenoxy) is 1. The SMILES string of the molecule is O=C(c1ccc(Br)o1)N1CCC(COc2ccc(C3CC3)nn2)CC1. The Hall–Kier alpha value is -1.89. The first kappa shape index (κ1) is 16.6. The van der Waals surface area contributed by atoms with Crippen LogP contribution in [0.25, 0.3) is 0 Å². The van der Waals surface area contributed by atoms with Crippen LogP contribution in [0.4, 0.5) is 0 Å². The summed E-state index contributed by atoms with van der Waals surface area (Å²) in [6, 6.07) is 7.37. The van der Waals surface area contributed by atoms with E-state index in [1.807, 2.05) is 17.0 Å². The number of hydrogen-bond donors (Lipinski definition) is 0. The molecule has 3 heterocycles. The van der Waals surface area contributed by atoms with E-state index in [9.17, 15) is 4.79 Å². The average Bonchev–Trinajstić information content (AvgIpc) is 3.41. The van der Waals surface area contributed by atoms with Crippen molar-refractivity contribution in [3.63, 3.8) is 0 Å². The highest BCUT2D eigenvalue weighted by Crippen LogP contribution is 2.38. The van der Waals surface area contributed by atoms with Crippen molar-refractivity contribution in [3.05, 3.63) is 40.4 Å². The fraction of sp³-hybridized carbons (Fsp3) is 0.500. The molecular formula is C18H20BrN3O3. The number of piperidine rings is 1. The normalized spacial score (nSPS) is 18.4. The Morgan fingerprint density at radius 3 is 2.56 bits per heavy atom. The van der Waals surface area contributed by atoms with Crippen molar-refractivity contribution in [1.82, 2.24) is 15.1 Å². The first-order valence-corrected chi connectivity index (χ1v) is 9.49. The van der Waals surface area contributed by atoms with Gasteiger partial charge in [-0.05, 0) is 65.7 Å². The molecule has 0 N–H and O–H groups in total. The van der Waals surface area contributed by atoms with Crippen molar-refractivity contribution in [2.45, 2.75) is 31.6 Å². The van der Waals surface area contributed by atoms with Gasteiger partial charge in [0.1, 0.15) is 0 Å². The summed E-state index contributed by atoms with van der Waals surface area (Å²) >= 11 is 3.23. The molecule has 0 aromatic carbocycles. The number of likely N-dealkylation sites (tertiary alicyclic amines) is 1. The number of rotatable bonds is 5. The minimum absolute atomic E-state index is 0.0494. The zero-order chi connectivity index (χ0) is 17.2. The number of carbonyl (C=O) groups excluding carboxylic acids is 1. The summed E-state index contributed by atoms with van der Waals surface area (Å²) in [6.07, 6.45) is 4.28. The highest BCUT2D eigenvalue weighted by molar-refractivity contribution is 9.10. The summed E-state index contributed by atoms with van der Waals surface area (Å²) in [7, 11) is 0. The molecule has 0 spiro atoms. The number of nitrogens with zero attached hydrogens (tertiary/aromatic N) is 3. The lowest BCUT2D eigenvalue weighted by molar-refractivity contribution is 0.0626. The van der Waals surface area contributed by atoms with Gasteiger partial charge < -0.3 is 14.1 Å². The fourth-order valence-corrected chi connectivity index (χ4v) is 3.40. The third-order valence-electron chi connectivity index (χ3n) is 4.81. The summed E-state index contributed by atoms with van der Waals surface area (Å²) in [5.41, 5.74) is 1.07. The van der Waals surface area contributed by atoms with E-state index < -0.39 is 0 Å². The molecule has 0 atom stereocenters. The molecule has 132 valence electrons. The Bertz CT molecular complexity index is 734. The molecule has 1 saturated heterocycles. The summed E-state index contributed by atoms with van der Waals surface area (Å²) in [6.45, 7) is 2.06. The van der Waals surface area contributed by atoms with E-state index in [0.29, 0.717) is 34.8 Å². The first-order valence-electron chi connectivity index (χ1n) is 8.70. The van der Waals surface area contributed by atoms with Crippen LogP contribution in [0, 0.1) is 5.92 Å². The maximum absolute atomic E-state index is 12.4. The van der Waals surface area contributed by atoms with Gasteiger partial charge in [0, 0.05) is 25.1 Å². The van der Waals surface area contributed by atoms with Crippen LogP contribution in [-0.2, 0) is 0 Å². The lowest BCUT2D eigenvalue weighted by Gasteiger charge is -2.31. The van der Waals surface area contributed by atoms with Crippen LogP contribution < -0.4 is 4.74 Å². The Morgan fingerprint density at radius 1 is 1.16 bits per heavy atom. The molecule has 0 radical (unpaired) electrons. The number of furan rings is 1. The molecule has 1 saturated carbocycles. The van der Waals surface area contributed by atoms with E-state index in [0.717, 1.165) is 31.6 Å². The van der Waals surface area contributed by atoms with Gasteiger partial charge in [0.25, 0.3) is 5.91 Å². The number of halogens is 1. The van der Waals surface area contributed by atoms with E-state index >= 15 is 0 Å². The van der Waals surface area contributed by atoms with E-state index in [2.05, 4.69) is 26.1 Å². The van der Waals surface area contributed by atoms with Crippen molar-refractivity contribution in [2.75, 3.05) is 19.7 Å². The summed E-state index contributed by atoms with van der Waals surface area (Å²) in [4.78, 5) is 14.2. The van der Waals surface area contributed by atoms with E-state index in [1.54, 1.807) is 12.1 Å². The van der Waals surface area contributed by atoms with Crippen LogP contribution in [0.3, 0.4) is 0 Å². The van der Waals surface area contributed by atoms with Gasteiger partial charge in [0.2, 0.25) is 5.88 Å². The van der Waals surface area contributed by atoms with Crippen LogP contribution in [0.5, 0.6) is 5.88 Å². The minimum atomic E-state index is -0.0494. The van der Waals surface area contributed by atoms with Gasteiger partial charge in [-0.2, -0.15) is 5.10 Å². The van der Waals surface area contributed by atoms with Crippen LogP contribution in [-0.4, -0.2) is 40.7 Å². The Balaban J connectivity index is 1.24. The molecule has 2 aromatic rings. The predicted octanol–water partition coefficient (Wildman–Crippen LogP) is 3.64. The molecule has 6 nitrogen and oxygen atoms in total. The molecule has 2 fully saturated rings. The summed E-state index contributed by atoms with van der Waals surface area (Å²) < 4.78 is 11.7. The van der Waals surface area contributed by atoms with Gasteiger partial charge in [0.15, 0.2) is 10.4 Å². The monoisotopic (exact) mass is 405 g/mol. The van der Waals surface area contributed by atoms with Crippen molar-refractivity contribution in [1.29, 1.82) is 0 Å². The maximum atomic E-state index is 12.4. The Morgan fingerprint density at radius 2 is 1.96 bits per heavy atom. The summed E-state index contributed by atoms with van der Waals surface area (Å²) in [5.74, 6) is 1.96. The van der Waals surface area contributed by atoms with Gasteiger partial charge >= 0.3 is 0 Å². The number of amides is 1. The van der Waals surface area contributed by atoms with Gasteiger partial charge in [-0.3, -0.25) is 4.79 Å². The minimum Gasteiger partial charge on any atom is -0.476 e. The van der Waals surface area contributed by atoms with Gasteiger partial charge in [0.05, 0.1) is 12.3 Å². The number of aromatic nitrogens is 2. The van der Waals surface area contributed by atoms with E-state index in [-0.39, 0.29) is 5.91 Å². The van der Waals surface area contributed by atoms with Crippen molar-refractivity contribution >= 4 is 21.8 Å². The molecule has 2 aliphatic rings. The molecule has 0 unspecified atom stereocenters. The second kappa shape index (κ2) is 7.15. The molecule has 7 heteroatoms. The zero-order valence-electron chi connectivity index (χ0n) is 13.9. The third kappa shape index (κ3) is 4.03. The molecule has 1 aliphatic heterocycles. The van der Waals surface area contributed by atoms with Crippen LogP contribution in [0.2, 0.25) is 0 Å². The van der Waals surface area contributed by atoms with Crippen molar-refractivity contribution in [3.8, 4) is 5.88 Å². The highest BCUT2D eigenvalue weighted by Gasteiger charge is 2.27. The van der Waals surface area contributed by atoms with Crippen LogP contribution in [0.1, 0.15) is 47.8 Å². The summed E-state index contributed by atoms with van der Waals surface area (Å²) in [5, 5.41) is 8.39. The lowest BCUT2D eigenvalue weighted by Crippen LogP contribution is -2.39. The van der Waals surface area contributed by atoms with Crippen molar-refractivity contribution < 1.29 is 13.9 Å². The standard InChI is InChI=1S/C18H20BrN3O3/c19-16-5-4-15(25-16)18(23)22-9-7-12(8-10-22)11-24-17-6-3-14(20-21-17)13-1-2-13/h3-6,12-13H,1-2,7-11H2. The Labute approximate surface area is 154 Å². The zero-order valence-corrected chi connectivity index (χ0v) is 15.4. The van der Waals surface area contributed by atoms with Crippen molar-refractivity contribution in [2.24, 2.45) is 5.92 Å².